The molecule has 11 nitrogen and oxygen atoms in total. The number of imidazole rings is 1. The molecule has 0 radical (unpaired) electrons. The summed E-state index contributed by atoms with van der Waals surface area (Å²) in [4.78, 5) is 44.3. The van der Waals surface area contributed by atoms with Crippen LogP contribution in [0.5, 0.6) is 0 Å². The van der Waals surface area contributed by atoms with Crippen LogP contribution in [0, 0.1) is 0 Å². The summed E-state index contributed by atoms with van der Waals surface area (Å²) in [6.45, 7) is 6.72. The van der Waals surface area contributed by atoms with E-state index in [0.29, 0.717) is 52.5 Å². The smallest absolute Gasteiger partial charge is 0.358 e. The number of esters is 1. The average molecular weight is 513 g/mol. The lowest BCUT2D eigenvalue weighted by atomic mass is 10.0. The predicted octanol–water partition coefficient (Wildman–Crippen LogP) is 2.65. The highest BCUT2D eigenvalue weighted by Gasteiger charge is 2.34. The maximum absolute atomic E-state index is 12.7. The number of H-pyrrole nitrogens is 1. The van der Waals surface area contributed by atoms with Gasteiger partial charge in [0, 0.05) is 20.2 Å². The highest BCUT2D eigenvalue weighted by molar-refractivity contribution is 7.17. The van der Waals surface area contributed by atoms with Crippen molar-refractivity contribution >= 4 is 45.7 Å². The number of nitrogens with one attached hydrogen (secondary N) is 2. The zero-order valence-corrected chi connectivity index (χ0v) is 21.4. The number of carbonyl (C=O) groups excluding carboxylic acids is 2. The Kier molecular flexibility index (Phi) is 8.86. The van der Waals surface area contributed by atoms with E-state index < -0.39 is 5.97 Å². The molecule has 0 unspecified atom stereocenters. The first kappa shape index (κ1) is 25.9. The van der Waals surface area contributed by atoms with Gasteiger partial charge in [0.2, 0.25) is 0 Å². The number of aromatic amines is 1. The summed E-state index contributed by atoms with van der Waals surface area (Å²) < 4.78 is 10.8. The molecular formula is C21H29ClN6O5S. The largest absolute Gasteiger partial charge is 0.461 e. The van der Waals surface area contributed by atoms with Crippen molar-refractivity contribution in [3.05, 3.63) is 27.2 Å². The number of hydrogen-bond donors (Lipinski definition) is 2. The van der Waals surface area contributed by atoms with Gasteiger partial charge in [0.1, 0.15) is 7.11 Å². The van der Waals surface area contributed by atoms with Gasteiger partial charge in [-0.2, -0.15) is 0 Å². The lowest BCUT2D eigenvalue weighted by Crippen LogP contribution is -2.55. The van der Waals surface area contributed by atoms with Crippen LogP contribution in [0.15, 0.2) is 5.16 Å². The van der Waals surface area contributed by atoms with Crippen molar-refractivity contribution < 1.29 is 23.9 Å². The number of methoxy groups -OCH3 is 1. The van der Waals surface area contributed by atoms with Gasteiger partial charge in [0.15, 0.2) is 21.8 Å². The van der Waals surface area contributed by atoms with E-state index in [9.17, 15) is 9.59 Å². The zero-order chi connectivity index (χ0) is 24.8. The Morgan fingerprint density at radius 1 is 1.32 bits per heavy atom. The summed E-state index contributed by atoms with van der Waals surface area (Å²) in [6, 6.07) is -0.233. The van der Waals surface area contributed by atoms with Gasteiger partial charge in [-0.1, -0.05) is 35.0 Å². The topological polar surface area (TPSA) is 131 Å². The van der Waals surface area contributed by atoms with Crippen molar-refractivity contribution in [3.8, 4) is 0 Å². The number of aryl methyl sites for hydroxylation is 1. The molecule has 1 aliphatic rings. The van der Waals surface area contributed by atoms with Crippen LogP contribution in [0.2, 0.25) is 5.15 Å². The van der Waals surface area contributed by atoms with E-state index >= 15 is 0 Å². The van der Waals surface area contributed by atoms with E-state index in [4.69, 9.17) is 25.9 Å². The normalized spacial score (nSPS) is 18.6. The van der Waals surface area contributed by atoms with Crippen LogP contribution in [0.3, 0.4) is 0 Å². The standard InChI is InChI=1S/C21H29ClN6O5S/c1-6-12-17(22)26-18(23-12)19(29)24-13-8-9-28(10-14(13)31-4)21-25-15(20(30)33-7-2)16(34-21)11(3)27-32-5/h13-14H,6-10H2,1-5H3,(H,23,26)(H,24,29)/b27-11+/t13-,14+/m1/s1. The van der Waals surface area contributed by atoms with Gasteiger partial charge in [-0.3, -0.25) is 4.79 Å². The summed E-state index contributed by atoms with van der Waals surface area (Å²) >= 11 is 7.40. The molecule has 2 N–H and O–H groups in total. The maximum Gasteiger partial charge on any atom is 0.358 e. The van der Waals surface area contributed by atoms with Crippen LogP contribution in [-0.4, -0.2) is 78.6 Å². The molecule has 0 aromatic carbocycles. The summed E-state index contributed by atoms with van der Waals surface area (Å²) in [5, 5.41) is 7.88. The molecule has 13 heteroatoms. The molecule has 2 aromatic heterocycles. The van der Waals surface area contributed by atoms with Gasteiger partial charge >= 0.3 is 5.97 Å². The number of rotatable bonds is 9. The first-order chi connectivity index (χ1) is 16.3. The zero-order valence-electron chi connectivity index (χ0n) is 19.8. The molecular weight excluding hydrogens is 484 g/mol. The molecule has 1 saturated heterocycles. The second kappa shape index (κ2) is 11.6. The lowest BCUT2D eigenvalue weighted by Gasteiger charge is -2.37. The van der Waals surface area contributed by atoms with E-state index in [1.54, 1.807) is 21.0 Å². The molecule has 1 fully saturated rings. The van der Waals surface area contributed by atoms with Crippen LogP contribution in [0.4, 0.5) is 5.13 Å². The van der Waals surface area contributed by atoms with Crippen molar-refractivity contribution in [2.45, 2.75) is 45.8 Å². The van der Waals surface area contributed by atoms with Gasteiger partial charge in [0.25, 0.3) is 5.91 Å². The summed E-state index contributed by atoms with van der Waals surface area (Å²) in [6.07, 6.45) is 0.950. The van der Waals surface area contributed by atoms with Crippen molar-refractivity contribution in [1.82, 2.24) is 20.3 Å². The Morgan fingerprint density at radius 2 is 2.09 bits per heavy atom. The monoisotopic (exact) mass is 512 g/mol. The molecule has 34 heavy (non-hydrogen) atoms. The third-order valence-electron chi connectivity index (χ3n) is 5.39. The minimum Gasteiger partial charge on any atom is -0.461 e. The van der Waals surface area contributed by atoms with Crippen molar-refractivity contribution in [3.63, 3.8) is 0 Å². The van der Waals surface area contributed by atoms with E-state index in [1.807, 2.05) is 11.8 Å². The minimum atomic E-state index is -0.514. The van der Waals surface area contributed by atoms with Gasteiger partial charge < -0.3 is 29.5 Å². The Hall–Kier alpha value is -2.70. The number of halogens is 1. The van der Waals surface area contributed by atoms with Gasteiger partial charge in [-0.15, -0.1) is 0 Å². The van der Waals surface area contributed by atoms with Crippen LogP contribution in [0.1, 0.15) is 58.9 Å². The number of hydrogen-bond acceptors (Lipinski definition) is 10. The van der Waals surface area contributed by atoms with E-state index in [2.05, 4.69) is 25.4 Å². The van der Waals surface area contributed by atoms with Crippen molar-refractivity contribution in [1.29, 1.82) is 0 Å². The number of amides is 1. The third kappa shape index (κ3) is 5.68. The highest BCUT2D eigenvalue weighted by atomic mass is 35.5. The number of thiazole rings is 1. The summed E-state index contributed by atoms with van der Waals surface area (Å²) in [5.74, 6) is -0.676. The number of aromatic nitrogens is 3. The molecule has 0 spiro atoms. The summed E-state index contributed by atoms with van der Waals surface area (Å²) in [7, 11) is 3.04. The van der Waals surface area contributed by atoms with E-state index in [-0.39, 0.29) is 36.2 Å². The van der Waals surface area contributed by atoms with E-state index in [0.717, 1.165) is 0 Å². The van der Waals surface area contributed by atoms with Crippen LogP contribution in [0.25, 0.3) is 0 Å². The van der Waals surface area contributed by atoms with Gasteiger partial charge in [0.05, 0.1) is 35.0 Å². The van der Waals surface area contributed by atoms with E-state index in [1.165, 1.54) is 18.4 Å². The Bertz CT molecular complexity index is 1050. The Labute approximate surface area is 206 Å². The van der Waals surface area contributed by atoms with Crippen molar-refractivity contribution in [2.24, 2.45) is 5.16 Å². The SMILES string of the molecule is CCOC(=O)c1nc(N2CC[C@@H](NC(=O)c3nc(Cl)c(CC)[nH]3)[C@@H](OC)C2)sc1/C(C)=N/OC. The second-order valence-corrected chi connectivity index (χ2v) is 8.89. The fourth-order valence-corrected chi connectivity index (χ4v) is 4.96. The Morgan fingerprint density at radius 3 is 2.71 bits per heavy atom. The molecule has 2 atom stereocenters. The number of anilines is 1. The average Bonchev–Trinajstić information content (AvgIpc) is 3.43. The fourth-order valence-electron chi connectivity index (χ4n) is 3.67. The number of nitrogens with zero attached hydrogens (tertiary/aromatic N) is 4. The number of piperidine rings is 1. The maximum atomic E-state index is 12.7. The molecule has 186 valence electrons. The highest BCUT2D eigenvalue weighted by Crippen LogP contribution is 2.30. The summed E-state index contributed by atoms with van der Waals surface area (Å²) in [5.41, 5.74) is 1.45. The third-order valence-corrected chi connectivity index (χ3v) is 6.92. The molecule has 3 heterocycles. The first-order valence-corrected chi connectivity index (χ1v) is 12.1. The quantitative estimate of drug-likeness (QED) is 0.298. The van der Waals surface area contributed by atoms with Gasteiger partial charge in [-0.25, -0.2) is 14.8 Å². The Balaban J connectivity index is 1.76. The molecule has 3 rings (SSSR count). The first-order valence-electron chi connectivity index (χ1n) is 10.9. The second-order valence-electron chi connectivity index (χ2n) is 7.55. The number of carbonyl (C=O) groups is 2. The van der Waals surface area contributed by atoms with Crippen LogP contribution >= 0.6 is 22.9 Å². The molecule has 0 bridgehead atoms. The molecule has 0 saturated carbocycles. The minimum absolute atomic E-state index is 0.177. The lowest BCUT2D eigenvalue weighted by molar-refractivity contribution is 0.0516. The van der Waals surface area contributed by atoms with Crippen molar-refractivity contribution in [2.75, 3.05) is 38.8 Å². The van der Waals surface area contributed by atoms with Crippen LogP contribution < -0.4 is 10.2 Å². The molecule has 1 amide bonds. The predicted molar refractivity (Wildman–Crippen MR) is 129 cm³/mol. The fraction of sp³-hybridized carbons (Fsp3) is 0.571. The van der Waals surface area contributed by atoms with Gasteiger partial charge in [-0.05, 0) is 26.7 Å². The van der Waals surface area contributed by atoms with Crippen LogP contribution in [-0.2, 0) is 20.7 Å². The molecule has 2 aromatic rings. The number of ether oxygens (including phenoxy) is 2. The molecule has 1 aliphatic heterocycles. The molecule has 0 aliphatic carbocycles. The number of oxime groups is 1.